The largest absolute Gasteiger partial charge is 0.380 e. The van der Waals surface area contributed by atoms with Crippen molar-refractivity contribution in [2.45, 2.75) is 6.10 Å². The second-order valence-electron chi connectivity index (χ2n) is 5.20. The van der Waals surface area contributed by atoms with E-state index >= 15 is 0 Å². The molecule has 1 aromatic carbocycles. The van der Waals surface area contributed by atoms with Gasteiger partial charge in [-0.05, 0) is 29.8 Å². The number of nitrogens with one attached hydrogen (secondary N) is 2. The lowest BCUT2D eigenvalue weighted by atomic mass is 10.1. The molecule has 0 saturated heterocycles. The van der Waals surface area contributed by atoms with Gasteiger partial charge >= 0.3 is 0 Å². The van der Waals surface area contributed by atoms with Crippen molar-refractivity contribution in [3.05, 3.63) is 72.1 Å². The Morgan fingerprint density at radius 1 is 1.21 bits per heavy atom. The average molecular weight is 324 g/mol. The summed E-state index contributed by atoms with van der Waals surface area (Å²) in [7, 11) is 0. The Hall–Kier alpha value is -3.26. The Kier molecular flexibility index (Phi) is 3.43. The first-order valence-corrected chi connectivity index (χ1v) is 7.26. The van der Waals surface area contributed by atoms with Gasteiger partial charge in [0.1, 0.15) is 17.4 Å². The molecule has 0 saturated carbocycles. The van der Waals surface area contributed by atoms with Crippen LogP contribution in [0.1, 0.15) is 17.5 Å². The maximum Gasteiger partial charge on any atom is 0.184 e. The molecule has 0 aliphatic heterocycles. The van der Waals surface area contributed by atoms with Crippen molar-refractivity contribution in [3.8, 4) is 0 Å². The summed E-state index contributed by atoms with van der Waals surface area (Å²) >= 11 is 0. The molecule has 3 N–H and O–H groups in total. The number of H-pyrrole nitrogens is 1. The molecule has 3 heterocycles. The SMILES string of the molecule is OC(c1cccc(F)c1)c1nc(Nc2cc[nH]n2)c2cccn2n1. The number of aliphatic hydroxyl groups is 1. The minimum absolute atomic E-state index is 0.155. The molecule has 0 radical (unpaired) electrons. The molecular weight excluding hydrogens is 311 g/mol. The van der Waals surface area contributed by atoms with Gasteiger partial charge in [0.05, 0.1) is 0 Å². The van der Waals surface area contributed by atoms with Gasteiger partial charge in [0.15, 0.2) is 17.5 Å². The first-order valence-electron chi connectivity index (χ1n) is 7.26. The maximum absolute atomic E-state index is 13.4. The van der Waals surface area contributed by atoms with Crippen molar-refractivity contribution in [1.29, 1.82) is 0 Å². The lowest BCUT2D eigenvalue weighted by Crippen LogP contribution is -2.11. The number of nitrogens with zero attached hydrogens (tertiary/aromatic N) is 4. The molecule has 0 aliphatic rings. The Bertz CT molecular complexity index is 981. The van der Waals surface area contributed by atoms with Gasteiger partial charge in [0.2, 0.25) is 0 Å². The van der Waals surface area contributed by atoms with E-state index in [1.807, 2.05) is 12.1 Å². The van der Waals surface area contributed by atoms with Crippen LogP contribution in [0.2, 0.25) is 0 Å². The summed E-state index contributed by atoms with van der Waals surface area (Å²) in [6.45, 7) is 0. The van der Waals surface area contributed by atoms with E-state index < -0.39 is 11.9 Å². The van der Waals surface area contributed by atoms with Crippen LogP contribution < -0.4 is 5.32 Å². The number of aromatic amines is 1. The number of halogens is 1. The van der Waals surface area contributed by atoms with Gasteiger partial charge < -0.3 is 10.4 Å². The number of aliphatic hydroxyl groups excluding tert-OH is 1. The zero-order valence-corrected chi connectivity index (χ0v) is 12.4. The van der Waals surface area contributed by atoms with Crippen LogP contribution in [-0.2, 0) is 0 Å². The minimum Gasteiger partial charge on any atom is -0.380 e. The van der Waals surface area contributed by atoms with Gasteiger partial charge in [-0.1, -0.05) is 12.1 Å². The summed E-state index contributed by atoms with van der Waals surface area (Å²) in [5.74, 6) is 0.807. The quantitative estimate of drug-likeness (QED) is 0.536. The van der Waals surface area contributed by atoms with Gasteiger partial charge in [-0.2, -0.15) is 5.10 Å². The third-order valence-electron chi connectivity index (χ3n) is 3.56. The molecule has 3 aromatic heterocycles. The monoisotopic (exact) mass is 324 g/mol. The number of hydrogen-bond acceptors (Lipinski definition) is 5. The van der Waals surface area contributed by atoms with Crippen LogP contribution in [0.25, 0.3) is 5.52 Å². The fourth-order valence-electron chi connectivity index (χ4n) is 2.44. The highest BCUT2D eigenvalue weighted by Gasteiger charge is 2.18. The molecule has 0 bridgehead atoms. The number of benzene rings is 1. The smallest absolute Gasteiger partial charge is 0.184 e. The molecule has 4 aromatic rings. The topological polar surface area (TPSA) is 91.1 Å². The van der Waals surface area contributed by atoms with Gasteiger partial charge in [0, 0.05) is 18.5 Å². The minimum atomic E-state index is -1.15. The molecule has 1 unspecified atom stereocenters. The normalized spacial score (nSPS) is 12.4. The standard InChI is InChI=1S/C16H13FN6O/c17-11-4-1-3-10(9-11)14(24)16-20-15(19-13-6-7-18-21-13)12-5-2-8-23(12)22-16/h1-9,14,24H,(H2,18,19,20,21,22). The van der Waals surface area contributed by atoms with E-state index in [4.69, 9.17) is 0 Å². The van der Waals surface area contributed by atoms with E-state index in [0.717, 1.165) is 5.52 Å². The van der Waals surface area contributed by atoms with Gasteiger partial charge in [0.25, 0.3) is 0 Å². The predicted octanol–water partition coefficient (Wildman–Crippen LogP) is 2.42. The van der Waals surface area contributed by atoms with E-state index in [2.05, 4.69) is 25.6 Å². The van der Waals surface area contributed by atoms with Crippen molar-refractivity contribution >= 4 is 17.2 Å². The summed E-state index contributed by atoms with van der Waals surface area (Å²) in [6.07, 6.45) is 2.28. The molecule has 1 atom stereocenters. The number of aromatic nitrogens is 5. The second-order valence-corrected chi connectivity index (χ2v) is 5.20. The lowest BCUT2D eigenvalue weighted by molar-refractivity contribution is 0.207. The number of fused-ring (bicyclic) bond motifs is 1. The molecule has 8 heteroatoms. The summed E-state index contributed by atoms with van der Waals surface area (Å²) < 4.78 is 15.0. The van der Waals surface area contributed by atoms with Crippen LogP contribution in [-0.4, -0.2) is 29.9 Å². The van der Waals surface area contributed by atoms with Crippen LogP contribution >= 0.6 is 0 Å². The molecule has 0 amide bonds. The molecule has 24 heavy (non-hydrogen) atoms. The first-order chi connectivity index (χ1) is 11.7. The Morgan fingerprint density at radius 2 is 2.12 bits per heavy atom. The van der Waals surface area contributed by atoms with Crippen molar-refractivity contribution < 1.29 is 9.50 Å². The van der Waals surface area contributed by atoms with Gasteiger partial charge in [-0.25, -0.2) is 13.9 Å². The van der Waals surface area contributed by atoms with E-state index in [9.17, 15) is 9.50 Å². The molecule has 7 nitrogen and oxygen atoms in total. The van der Waals surface area contributed by atoms with E-state index in [0.29, 0.717) is 17.2 Å². The third-order valence-corrected chi connectivity index (χ3v) is 3.56. The maximum atomic E-state index is 13.4. The molecule has 4 rings (SSSR count). The first kappa shape index (κ1) is 14.3. The Balaban J connectivity index is 1.78. The summed E-state index contributed by atoms with van der Waals surface area (Å²) in [5, 5.41) is 24.6. The Labute approximate surface area is 135 Å². The van der Waals surface area contributed by atoms with Crippen LogP contribution in [0.15, 0.2) is 54.9 Å². The van der Waals surface area contributed by atoms with Crippen molar-refractivity contribution in [3.63, 3.8) is 0 Å². The molecular formula is C16H13FN6O. The van der Waals surface area contributed by atoms with Crippen LogP contribution in [0.3, 0.4) is 0 Å². The zero-order chi connectivity index (χ0) is 16.5. The number of anilines is 2. The summed E-state index contributed by atoms with van der Waals surface area (Å²) in [4.78, 5) is 4.38. The van der Waals surface area contributed by atoms with Gasteiger partial charge in [-0.15, -0.1) is 5.10 Å². The fraction of sp³-hybridized carbons (Fsp3) is 0.0625. The molecule has 0 spiro atoms. The van der Waals surface area contributed by atoms with E-state index in [1.54, 1.807) is 29.0 Å². The van der Waals surface area contributed by atoms with Crippen LogP contribution in [0.4, 0.5) is 16.0 Å². The van der Waals surface area contributed by atoms with Crippen LogP contribution in [0, 0.1) is 5.82 Å². The van der Waals surface area contributed by atoms with E-state index in [1.165, 1.54) is 18.2 Å². The highest BCUT2D eigenvalue weighted by molar-refractivity contribution is 5.71. The third kappa shape index (κ3) is 2.59. The van der Waals surface area contributed by atoms with E-state index in [-0.39, 0.29) is 5.82 Å². The number of rotatable bonds is 4. The van der Waals surface area contributed by atoms with Crippen molar-refractivity contribution in [1.82, 2.24) is 24.8 Å². The van der Waals surface area contributed by atoms with Gasteiger partial charge in [-0.3, -0.25) is 5.10 Å². The van der Waals surface area contributed by atoms with Crippen molar-refractivity contribution in [2.24, 2.45) is 0 Å². The highest BCUT2D eigenvalue weighted by Crippen LogP contribution is 2.24. The molecule has 0 aliphatic carbocycles. The summed E-state index contributed by atoms with van der Waals surface area (Å²) in [6, 6.07) is 11.1. The molecule has 120 valence electrons. The second kappa shape index (κ2) is 5.74. The molecule has 0 fully saturated rings. The lowest BCUT2D eigenvalue weighted by Gasteiger charge is -2.13. The highest BCUT2D eigenvalue weighted by atomic mass is 19.1. The zero-order valence-electron chi connectivity index (χ0n) is 12.4. The predicted molar refractivity (Wildman–Crippen MR) is 85.3 cm³/mol. The van der Waals surface area contributed by atoms with Crippen LogP contribution in [0.5, 0.6) is 0 Å². The van der Waals surface area contributed by atoms with Crippen molar-refractivity contribution in [2.75, 3.05) is 5.32 Å². The fourth-order valence-corrected chi connectivity index (χ4v) is 2.44. The average Bonchev–Trinajstić information content (AvgIpc) is 3.25. The Morgan fingerprint density at radius 3 is 2.92 bits per heavy atom. The number of hydrogen-bond donors (Lipinski definition) is 3. The summed E-state index contributed by atoms with van der Waals surface area (Å²) in [5.41, 5.74) is 1.11.